The highest BCUT2D eigenvalue weighted by Gasteiger charge is 2.27. The predicted octanol–water partition coefficient (Wildman–Crippen LogP) is 2.98. The molecule has 0 amide bonds. The Balaban J connectivity index is 1.62. The molecule has 3 aromatic rings. The fraction of sp³-hybridized carbons (Fsp3) is 0.235. The van der Waals surface area contributed by atoms with E-state index in [2.05, 4.69) is 30.9 Å². The number of aromatic nitrogens is 4. The highest BCUT2D eigenvalue weighted by molar-refractivity contribution is 9.10. The number of halogens is 2. The van der Waals surface area contributed by atoms with Gasteiger partial charge < -0.3 is 20.0 Å². The molecule has 0 spiro atoms. The Morgan fingerprint density at radius 2 is 1.96 bits per heavy atom. The highest BCUT2D eigenvalue weighted by atomic mass is 79.9. The first kappa shape index (κ1) is 19.8. The van der Waals surface area contributed by atoms with E-state index in [9.17, 15) is 19.6 Å². The van der Waals surface area contributed by atoms with Gasteiger partial charge in [0.25, 0.3) is 4.73 Å². The van der Waals surface area contributed by atoms with Crippen LogP contribution in [0.25, 0.3) is 11.4 Å². The second kappa shape index (κ2) is 7.98. The summed E-state index contributed by atoms with van der Waals surface area (Å²) in [5, 5.41) is 21.3. The van der Waals surface area contributed by atoms with Crippen molar-refractivity contribution in [3.63, 3.8) is 0 Å². The van der Waals surface area contributed by atoms with E-state index in [1.54, 1.807) is 12.1 Å². The molecule has 0 aliphatic rings. The highest BCUT2D eigenvalue weighted by Crippen LogP contribution is 2.21. The van der Waals surface area contributed by atoms with Crippen LogP contribution < -0.4 is 4.74 Å². The number of ether oxygens (including phenoxy) is 1. The minimum absolute atomic E-state index is 0.0168. The molecule has 9 nitrogen and oxygen atoms in total. The SMILES string of the molecule is CC(O)(COc1cnc(-c2ccc(F)cc2)nc1)Cn1cc([N+](=O)[O-])nc1Br. The molecule has 0 radical (unpaired) electrons. The van der Waals surface area contributed by atoms with E-state index in [1.807, 2.05) is 0 Å². The molecule has 3 rings (SSSR count). The zero-order valence-corrected chi connectivity index (χ0v) is 16.2. The second-order valence-electron chi connectivity index (χ2n) is 6.29. The molecule has 0 aliphatic carbocycles. The summed E-state index contributed by atoms with van der Waals surface area (Å²) in [4.78, 5) is 22.2. The zero-order valence-electron chi connectivity index (χ0n) is 14.6. The molecular weight excluding hydrogens is 437 g/mol. The van der Waals surface area contributed by atoms with Crippen LogP contribution in [0.3, 0.4) is 0 Å². The first-order valence-electron chi connectivity index (χ1n) is 8.04. The summed E-state index contributed by atoms with van der Waals surface area (Å²) < 4.78 is 20.1. The van der Waals surface area contributed by atoms with Gasteiger partial charge in [0.2, 0.25) is 0 Å². The lowest BCUT2D eigenvalue weighted by molar-refractivity contribution is -0.389. The third-order valence-electron chi connectivity index (χ3n) is 3.69. The van der Waals surface area contributed by atoms with E-state index in [0.29, 0.717) is 17.1 Å². The van der Waals surface area contributed by atoms with Crippen molar-refractivity contribution in [2.75, 3.05) is 6.61 Å². The van der Waals surface area contributed by atoms with E-state index < -0.39 is 10.5 Å². The van der Waals surface area contributed by atoms with Gasteiger partial charge in [0.15, 0.2) is 11.6 Å². The van der Waals surface area contributed by atoms with Crippen molar-refractivity contribution in [1.82, 2.24) is 19.5 Å². The average Bonchev–Trinajstić information content (AvgIpc) is 3.01. The Kier molecular flexibility index (Phi) is 5.66. The minimum atomic E-state index is -1.34. The normalized spacial score (nSPS) is 13.1. The summed E-state index contributed by atoms with van der Waals surface area (Å²) in [6, 6.07) is 5.77. The van der Waals surface area contributed by atoms with Crippen LogP contribution >= 0.6 is 15.9 Å². The van der Waals surface area contributed by atoms with Gasteiger partial charge in [-0.3, -0.25) is 4.57 Å². The number of rotatable bonds is 7. The maximum atomic E-state index is 13.0. The molecule has 1 atom stereocenters. The molecule has 0 bridgehead atoms. The third-order valence-corrected chi connectivity index (χ3v) is 4.33. The van der Waals surface area contributed by atoms with Crippen molar-refractivity contribution >= 4 is 21.7 Å². The molecule has 28 heavy (non-hydrogen) atoms. The maximum Gasteiger partial charge on any atom is 0.382 e. The van der Waals surface area contributed by atoms with Gasteiger partial charge in [0, 0.05) is 21.5 Å². The van der Waals surface area contributed by atoms with Gasteiger partial charge >= 0.3 is 5.82 Å². The summed E-state index contributed by atoms with van der Waals surface area (Å²) in [6.45, 7) is 1.44. The summed E-state index contributed by atoms with van der Waals surface area (Å²) in [7, 11) is 0. The van der Waals surface area contributed by atoms with Crippen molar-refractivity contribution in [2.24, 2.45) is 0 Å². The lowest BCUT2D eigenvalue weighted by Crippen LogP contribution is -2.37. The molecule has 0 aliphatic heterocycles. The Hall–Kier alpha value is -2.92. The smallest absolute Gasteiger partial charge is 0.382 e. The average molecular weight is 452 g/mol. The first-order valence-corrected chi connectivity index (χ1v) is 8.83. The fourth-order valence-electron chi connectivity index (χ4n) is 2.37. The van der Waals surface area contributed by atoms with Crippen LogP contribution in [0.1, 0.15) is 6.92 Å². The molecule has 146 valence electrons. The van der Waals surface area contributed by atoms with Gasteiger partial charge in [-0.2, -0.15) is 0 Å². The molecular formula is C17H15BrFN5O4. The van der Waals surface area contributed by atoms with Gasteiger partial charge in [0.05, 0.1) is 18.9 Å². The minimum Gasteiger partial charge on any atom is -0.487 e. The maximum absolute atomic E-state index is 13.0. The molecule has 2 aromatic heterocycles. The largest absolute Gasteiger partial charge is 0.487 e. The lowest BCUT2D eigenvalue weighted by atomic mass is 10.1. The molecule has 0 fully saturated rings. The number of aliphatic hydroxyl groups is 1. The van der Waals surface area contributed by atoms with Crippen molar-refractivity contribution < 1.29 is 19.2 Å². The van der Waals surface area contributed by atoms with Crippen LogP contribution in [0, 0.1) is 15.9 Å². The van der Waals surface area contributed by atoms with Crippen molar-refractivity contribution in [3.05, 3.63) is 63.5 Å². The van der Waals surface area contributed by atoms with Crippen molar-refractivity contribution in [1.29, 1.82) is 0 Å². The Labute approximate surface area is 167 Å². The predicted molar refractivity (Wildman–Crippen MR) is 100 cm³/mol. The van der Waals surface area contributed by atoms with Crippen LogP contribution in [-0.4, -0.2) is 41.8 Å². The Morgan fingerprint density at radius 3 is 2.54 bits per heavy atom. The molecule has 1 N–H and O–H groups in total. The van der Waals surface area contributed by atoms with E-state index in [0.717, 1.165) is 0 Å². The lowest BCUT2D eigenvalue weighted by Gasteiger charge is -2.23. The topological polar surface area (TPSA) is 116 Å². The van der Waals surface area contributed by atoms with E-state index in [4.69, 9.17) is 4.74 Å². The van der Waals surface area contributed by atoms with Crippen LogP contribution in [-0.2, 0) is 6.54 Å². The molecule has 0 saturated carbocycles. The third kappa shape index (κ3) is 4.87. The van der Waals surface area contributed by atoms with Crippen LogP contribution in [0.5, 0.6) is 5.75 Å². The standard InChI is InChI=1S/C17H15BrFN5O4/c1-17(25,9-23-8-14(24(26)27)22-16(23)18)10-28-13-6-20-15(21-7-13)11-2-4-12(19)5-3-11/h2-8,25H,9-10H2,1H3. The second-order valence-corrected chi connectivity index (χ2v) is 7.00. The van der Waals surface area contributed by atoms with E-state index in [-0.39, 0.29) is 29.5 Å². The van der Waals surface area contributed by atoms with Gasteiger partial charge in [-0.15, -0.1) is 0 Å². The quantitative estimate of drug-likeness (QED) is 0.433. The number of benzene rings is 1. The summed E-state index contributed by atoms with van der Waals surface area (Å²) >= 11 is 3.12. The monoisotopic (exact) mass is 451 g/mol. The number of imidazole rings is 1. The zero-order chi connectivity index (χ0) is 20.3. The molecule has 1 unspecified atom stereocenters. The summed E-state index contributed by atoms with van der Waals surface area (Å²) in [5.74, 6) is 0.0738. The Bertz CT molecular complexity index is 976. The summed E-state index contributed by atoms with van der Waals surface area (Å²) in [6.07, 6.45) is 4.11. The van der Waals surface area contributed by atoms with Gasteiger partial charge in [-0.05, 0) is 41.1 Å². The fourth-order valence-corrected chi connectivity index (χ4v) is 2.78. The van der Waals surface area contributed by atoms with E-state index >= 15 is 0 Å². The van der Waals surface area contributed by atoms with Crippen LogP contribution in [0.15, 0.2) is 47.6 Å². The molecule has 2 heterocycles. The number of nitro groups is 1. The molecule has 1 aromatic carbocycles. The summed E-state index contributed by atoms with van der Waals surface area (Å²) in [5.41, 5.74) is -0.682. The van der Waals surface area contributed by atoms with E-state index in [1.165, 1.54) is 42.2 Å². The van der Waals surface area contributed by atoms with Crippen LogP contribution in [0.2, 0.25) is 0 Å². The number of nitrogens with zero attached hydrogens (tertiary/aromatic N) is 5. The Morgan fingerprint density at radius 1 is 1.32 bits per heavy atom. The van der Waals surface area contributed by atoms with Crippen molar-refractivity contribution in [3.8, 4) is 17.1 Å². The van der Waals surface area contributed by atoms with Crippen molar-refractivity contribution in [2.45, 2.75) is 19.1 Å². The van der Waals surface area contributed by atoms with Gasteiger partial charge in [-0.1, -0.05) is 0 Å². The van der Waals surface area contributed by atoms with Crippen LogP contribution in [0.4, 0.5) is 10.2 Å². The van der Waals surface area contributed by atoms with Gasteiger partial charge in [-0.25, -0.2) is 14.4 Å². The number of hydrogen-bond donors (Lipinski definition) is 1. The number of hydrogen-bond acceptors (Lipinski definition) is 7. The molecule has 0 saturated heterocycles. The first-order chi connectivity index (χ1) is 13.2. The molecule has 11 heteroatoms. The van der Waals surface area contributed by atoms with Gasteiger partial charge in [0.1, 0.15) is 24.2 Å².